The average Bonchev–Trinajstić information content (AvgIpc) is 2.72. The second kappa shape index (κ2) is 7.36. The molecule has 0 aliphatic carbocycles. The van der Waals surface area contributed by atoms with Gasteiger partial charge in [-0.05, 0) is 59.4 Å². The highest BCUT2D eigenvalue weighted by Crippen LogP contribution is 2.48. The first-order valence-corrected chi connectivity index (χ1v) is 9.62. The average molecular weight is 392 g/mol. The fourth-order valence-electron chi connectivity index (χ4n) is 3.76. The van der Waals surface area contributed by atoms with Crippen molar-refractivity contribution in [2.75, 3.05) is 0 Å². The van der Waals surface area contributed by atoms with Crippen LogP contribution in [0.1, 0.15) is 55.0 Å². The number of phenols is 1. The maximum atomic E-state index is 14.7. The number of ether oxygens (including phenoxy) is 1. The van der Waals surface area contributed by atoms with Gasteiger partial charge in [-0.1, -0.05) is 50.2 Å². The van der Waals surface area contributed by atoms with E-state index in [9.17, 15) is 13.9 Å². The summed E-state index contributed by atoms with van der Waals surface area (Å²) in [5.41, 5.74) is 5.12. The Morgan fingerprint density at radius 3 is 2.17 bits per heavy atom. The molecule has 0 saturated heterocycles. The summed E-state index contributed by atoms with van der Waals surface area (Å²) in [6, 6.07) is 17.2. The molecule has 0 amide bonds. The molecule has 1 N–H and O–H groups in total. The van der Waals surface area contributed by atoms with Gasteiger partial charge < -0.3 is 9.84 Å². The minimum atomic E-state index is -0.774. The van der Waals surface area contributed by atoms with Gasteiger partial charge in [-0.3, -0.25) is 0 Å². The van der Waals surface area contributed by atoms with Gasteiger partial charge in [0.2, 0.25) is 5.82 Å². The molecule has 0 fully saturated rings. The van der Waals surface area contributed by atoms with Crippen molar-refractivity contribution >= 4 is 11.1 Å². The summed E-state index contributed by atoms with van der Waals surface area (Å²) in [5, 5.41) is 9.82. The number of allylic oxidation sites excluding steroid dienone is 1. The van der Waals surface area contributed by atoms with E-state index in [1.165, 1.54) is 23.8 Å². The van der Waals surface area contributed by atoms with Gasteiger partial charge in [-0.15, -0.1) is 0 Å². The van der Waals surface area contributed by atoms with Crippen molar-refractivity contribution in [1.82, 2.24) is 0 Å². The molecule has 1 aliphatic heterocycles. The molecule has 0 unspecified atom stereocenters. The minimum absolute atomic E-state index is 0.0336. The number of fused-ring (bicyclic) bond motifs is 1. The molecule has 4 heteroatoms. The number of hydrogen-bond donors (Lipinski definition) is 1. The van der Waals surface area contributed by atoms with Crippen LogP contribution in [0.3, 0.4) is 0 Å². The Bertz CT molecular complexity index is 1080. The van der Waals surface area contributed by atoms with Crippen molar-refractivity contribution < 1.29 is 18.6 Å². The first-order chi connectivity index (χ1) is 13.9. The van der Waals surface area contributed by atoms with Crippen LogP contribution in [-0.2, 0) is 0 Å². The Morgan fingerprint density at radius 2 is 1.55 bits per heavy atom. The van der Waals surface area contributed by atoms with E-state index in [-0.39, 0.29) is 11.6 Å². The van der Waals surface area contributed by atoms with E-state index in [0.29, 0.717) is 11.5 Å². The molecule has 3 aromatic rings. The highest BCUT2D eigenvalue weighted by atomic mass is 19.1. The Hall–Kier alpha value is -3.14. The first-order valence-electron chi connectivity index (χ1n) is 9.62. The molecule has 1 aliphatic rings. The minimum Gasteiger partial charge on any atom is -0.505 e. The summed E-state index contributed by atoms with van der Waals surface area (Å²) >= 11 is 0. The SMILES string of the molecule is CC1=C(c2ccc(F)cc2)[C@H](c2ccc(C(C)C)cc2)Oc2c1ccc(O)c2F. The lowest BCUT2D eigenvalue weighted by atomic mass is 9.85. The van der Waals surface area contributed by atoms with Crippen molar-refractivity contribution in [3.05, 3.63) is 94.6 Å². The van der Waals surface area contributed by atoms with Gasteiger partial charge in [-0.25, -0.2) is 4.39 Å². The van der Waals surface area contributed by atoms with Crippen LogP contribution in [-0.4, -0.2) is 5.11 Å². The van der Waals surface area contributed by atoms with Crippen LogP contribution in [0.25, 0.3) is 11.1 Å². The van der Waals surface area contributed by atoms with Crippen molar-refractivity contribution in [3.8, 4) is 11.5 Å². The zero-order valence-corrected chi connectivity index (χ0v) is 16.5. The van der Waals surface area contributed by atoms with Gasteiger partial charge in [-0.2, -0.15) is 4.39 Å². The molecule has 1 heterocycles. The van der Waals surface area contributed by atoms with Gasteiger partial charge in [0.25, 0.3) is 0 Å². The highest BCUT2D eigenvalue weighted by molar-refractivity contribution is 5.95. The Morgan fingerprint density at radius 1 is 0.897 bits per heavy atom. The summed E-state index contributed by atoms with van der Waals surface area (Å²) in [4.78, 5) is 0. The maximum absolute atomic E-state index is 14.7. The van der Waals surface area contributed by atoms with Gasteiger partial charge in [0, 0.05) is 11.1 Å². The summed E-state index contributed by atoms with van der Waals surface area (Å²) < 4.78 is 34.3. The van der Waals surface area contributed by atoms with Crippen LogP contribution < -0.4 is 4.74 Å². The maximum Gasteiger partial charge on any atom is 0.207 e. The quantitative estimate of drug-likeness (QED) is 0.528. The Balaban J connectivity index is 1.91. The van der Waals surface area contributed by atoms with Crippen molar-refractivity contribution in [1.29, 1.82) is 0 Å². The second-order valence-electron chi connectivity index (χ2n) is 7.64. The summed E-state index contributed by atoms with van der Waals surface area (Å²) in [6.45, 7) is 6.13. The summed E-state index contributed by atoms with van der Waals surface area (Å²) in [5.74, 6) is -1.12. The lowest BCUT2D eigenvalue weighted by Crippen LogP contribution is -2.17. The van der Waals surface area contributed by atoms with Crippen LogP contribution in [0.15, 0.2) is 60.7 Å². The second-order valence-corrected chi connectivity index (χ2v) is 7.64. The predicted octanol–water partition coefficient (Wildman–Crippen LogP) is 6.86. The fraction of sp³-hybridized carbons (Fsp3) is 0.200. The molecular weight excluding hydrogens is 370 g/mol. The Labute approximate surface area is 169 Å². The molecular formula is C25H22F2O2. The predicted molar refractivity (Wildman–Crippen MR) is 111 cm³/mol. The number of halogens is 2. The molecule has 0 spiro atoms. The number of phenolic OH excluding ortho intramolecular Hbond substituents is 1. The number of aromatic hydroxyl groups is 1. The summed E-state index contributed by atoms with van der Waals surface area (Å²) in [7, 11) is 0. The fourth-order valence-corrected chi connectivity index (χ4v) is 3.76. The van der Waals surface area contributed by atoms with E-state index in [4.69, 9.17) is 4.74 Å². The van der Waals surface area contributed by atoms with Crippen molar-refractivity contribution in [2.24, 2.45) is 0 Å². The molecule has 1 atom stereocenters. The van der Waals surface area contributed by atoms with E-state index in [1.54, 1.807) is 18.2 Å². The third-order valence-electron chi connectivity index (χ3n) is 5.44. The molecule has 0 bridgehead atoms. The van der Waals surface area contributed by atoms with Gasteiger partial charge >= 0.3 is 0 Å². The molecule has 4 rings (SSSR count). The van der Waals surface area contributed by atoms with Crippen LogP contribution in [0.5, 0.6) is 11.5 Å². The van der Waals surface area contributed by atoms with E-state index in [1.807, 2.05) is 31.2 Å². The topological polar surface area (TPSA) is 29.5 Å². The van der Waals surface area contributed by atoms with E-state index >= 15 is 0 Å². The van der Waals surface area contributed by atoms with E-state index in [0.717, 1.165) is 22.3 Å². The van der Waals surface area contributed by atoms with Crippen molar-refractivity contribution in [2.45, 2.75) is 32.8 Å². The van der Waals surface area contributed by atoms with Crippen molar-refractivity contribution in [3.63, 3.8) is 0 Å². The third kappa shape index (κ3) is 3.39. The molecule has 0 aromatic heterocycles. The van der Waals surface area contributed by atoms with Crippen LogP contribution in [0.4, 0.5) is 8.78 Å². The van der Waals surface area contributed by atoms with Crippen LogP contribution in [0.2, 0.25) is 0 Å². The first kappa shape index (κ1) is 19.2. The molecule has 29 heavy (non-hydrogen) atoms. The molecule has 3 aromatic carbocycles. The van der Waals surface area contributed by atoms with Gasteiger partial charge in [0.1, 0.15) is 11.9 Å². The normalized spacial score (nSPS) is 16.0. The lowest BCUT2D eigenvalue weighted by Gasteiger charge is -2.31. The summed E-state index contributed by atoms with van der Waals surface area (Å²) in [6.07, 6.45) is -0.578. The zero-order chi connectivity index (χ0) is 20.7. The highest BCUT2D eigenvalue weighted by Gasteiger charge is 2.32. The standard InChI is InChI=1S/C25H22F2O2/c1-14(2)16-4-6-18(7-5-16)24-22(17-8-10-19(26)11-9-17)15(3)20-12-13-21(28)23(27)25(20)29-24/h4-14,24,28H,1-3H3/t24-/m0/s1. The number of benzene rings is 3. The van der Waals surface area contributed by atoms with Gasteiger partial charge in [0.15, 0.2) is 11.5 Å². The van der Waals surface area contributed by atoms with Gasteiger partial charge in [0.05, 0.1) is 0 Å². The molecule has 0 radical (unpaired) electrons. The smallest absolute Gasteiger partial charge is 0.207 e. The Kier molecular flexibility index (Phi) is 4.87. The van der Waals surface area contributed by atoms with Crippen LogP contribution >= 0.6 is 0 Å². The monoisotopic (exact) mass is 392 g/mol. The largest absolute Gasteiger partial charge is 0.505 e. The number of hydrogen-bond acceptors (Lipinski definition) is 2. The third-order valence-corrected chi connectivity index (χ3v) is 5.44. The molecule has 2 nitrogen and oxygen atoms in total. The molecule has 0 saturated carbocycles. The zero-order valence-electron chi connectivity index (χ0n) is 16.5. The molecule has 148 valence electrons. The van der Waals surface area contributed by atoms with E-state index in [2.05, 4.69) is 13.8 Å². The number of rotatable bonds is 3. The van der Waals surface area contributed by atoms with Crippen LogP contribution in [0, 0.1) is 11.6 Å². The lowest BCUT2D eigenvalue weighted by molar-refractivity contribution is 0.243. The van der Waals surface area contributed by atoms with E-state index < -0.39 is 17.7 Å².